The summed E-state index contributed by atoms with van der Waals surface area (Å²) < 4.78 is 10.0. The van der Waals surface area contributed by atoms with Crippen LogP contribution >= 0.6 is 0 Å². The molecule has 0 N–H and O–H groups in total. The molecule has 2 aromatic heterocycles. The van der Waals surface area contributed by atoms with Crippen LogP contribution in [0.15, 0.2) is 36.8 Å². The fraction of sp³-hybridized carbons (Fsp3) is 0.200. The van der Waals surface area contributed by atoms with Gasteiger partial charge in [-0.05, 0) is 18.2 Å². The Morgan fingerprint density at radius 1 is 1.10 bits per heavy atom. The van der Waals surface area contributed by atoms with Crippen LogP contribution in [-0.4, -0.2) is 35.1 Å². The van der Waals surface area contributed by atoms with E-state index in [1.807, 2.05) is 0 Å². The quantitative estimate of drug-likeness (QED) is 0.590. The van der Waals surface area contributed by atoms with Crippen molar-refractivity contribution in [3.8, 4) is 0 Å². The largest absolute Gasteiger partial charge is 0.462 e. The van der Waals surface area contributed by atoms with E-state index in [1.54, 1.807) is 18.3 Å². The van der Waals surface area contributed by atoms with Crippen molar-refractivity contribution in [2.24, 2.45) is 0 Å². The van der Waals surface area contributed by atoms with E-state index >= 15 is 0 Å². The Morgan fingerprint density at radius 2 is 1.86 bits per heavy atom. The molecule has 0 saturated carbocycles. The summed E-state index contributed by atoms with van der Waals surface area (Å²) in [4.78, 5) is 30.6. The molecule has 6 nitrogen and oxygen atoms in total. The molecule has 0 aliphatic rings. The van der Waals surface area contributed by atoms with Gasteiger partial charge in [-0.1, -0.05) is 0 Å². The van der Waals surface area contributed by atoms with Crippen LogP contribution in [0.4, 0.5) is 0 Å². The zero-order valence-electron chi connectivity index (χ0n) is 11.1. The van der Waals surface area contributed by atoms with Crippen LogP contribution in [0.25, 0.3) is 0 Å². The van der Waals surface area contributed by atoms with Gasteiger partial charge in [0, 0.05) is 31.1 Å². The molecular formula is C15H12N2O4. The maximum Gasteiger partial charge on any atom is 0.340 e. The fourth-order valence-corrected chi connectivity index (χ4v) is 1.44. The molecule has 2 rings (SSSR count). The molecular weight excluding hydrogens is 272 g/mol. The normalized spacial score (nSPS) is 9.52. The average Bonchev–Trinajstić information content (AvgIpc) is 2.55. The first-order valence-corrected chi connectivity index (χ1v) is 6.25. The monoisotopic (exact) mass is 284 g/mol. The van der Waals surface area contributed by atoms with Gasteiger partial charge in [-0.15, -0.1) is 0 Å². The summed E-state index contributed by atoms with van der Waals surface area (Å²) in [6.07, 6.45) is 7.21. The van der Waals surface area contributed by atoms with Crippen LogP contribution in [0, 0.1) is 12.3 Å². The lowest BCUT2D eigenvalue weighted by molar-refractivity contribution is 0.0395. The second-order valence-electron chi connectivity index (χ2n) is 3.98. The Bertz CT molecular complexity index is 534. The molecule has 0 radical (unpaired) electrons. The van der Waals surface area contributed by atoms with E-state index in [2.05, 4.69) is 22.2 Å². The number of hydrogen-bond acceptors (Lipinski definition) is 6. The van der Waals surface area contributed by atoms with E-state index in [1.165, 1.54) is 18.5 Å². The molecule has 2 heterocycles. The van der Waals surface area contributed by atoms with Crippen molar-refractivity contribution < 1.29 is 19.1 Å². The molecule has 0 aliphatic carbocycles. The van der Waals surface area contributed by atoms with Crippen LogP contribution in [-0.2, 0) is 9.47 Å². The molecule has 0 unspecified atom stereocenters. The lowest BCUT2D eigenvalue weighted by Crippen LogP contribution is -2.11. The SMILES string of the molecule is O=C(OCCCOC(=O)c1cccnc1)c1cc#cnc1. The number of aromatic nitrogens is 2. The average molecular weight is 284 g/mol. The smallest absolute Gasteiger partial charge is 0.340 e. The molecule has 0 spiro atoms. The van der Waals surface area contributed by atoms with Gasteiger partial charge in [0.2, 0.25) is 0 Å². The van der Waals surface area contributed by atoms with Crippen molar-refractivity contribution in [1.82, 2.24) is 9.97 Å². The third kappa shape index (κ3) is 4.58. The first-order chi connectivity index (χ1) is 10.3. The van der Waals surface area contributed by atoms with Crippen molar-refractivity contribution in [1.29, 1.82) is 0 Å². The number of carbonyl (C=O) groups excluding carboxylic acids is 2. The van der Waals surface area contributed by atoms with Crippen molar-refractivity contribution in [3.05, 3.63) is 60.2 Å². The van der Waals surface area contributed by atoms with Crippen molar-refractivity contribution in [3.63, 3.8) is 0 Å². The standard InChI is InChI=1S/C15H12N2O4/c18-14(12-4-1-6-16-10-12)20-8-3-9-21-15(19)13-5-2-7-17-11-13/h1,4-6,10-11H,3,8-9H2. The van der Waals surface area contributed by atoms with Crippen LogP contribution in [0.2, 0.25) is 0 Å². The van der Waals surface area contributed by atoms with Gasteiger partial charge in [-0.3, -0.25) is 4.98 Å². The Kier molecular flexibility index (Phi) is 5.24. The predicted octanol–water partition coefficient (Wildman–Crippen LogP) is 1.48. The highest BCUT2D eigenvalue weighted by atomic mass is 16.5. The number of carbonyl (C=O) groups is 2. The molecule has 0 saturated heterocycles. The summed E-state index contributed by atoms with van der Waals surface area (Å²) in [5, 5.41) is 0. The van der Waals surface area contributed by atoms with Crippen molar-refractivity contribution in [2.75, 3.05) is 13.2 Å². The van der Waals surface area contributed by atoms with E-state index in [9.17, 15) is 9.59 Å². The molecule has 0 aliphatic heterocycles. The summed E-state index contributed by atoms with van der Waals surface area (Å²) in [5.74, 6) is -0.946. The molecule has 0 fully saturated rings. The Labute approximate surface area is 121 Å². The third-order valence-corrected chi connectivity index (χ3v) is 2.45. The summed E-state index contributed by atoms with van der Waals surface area (Å²) in [7, 11) is 0. The lowest BCUT2D eigenvalue weighted by atomic mass is 10.3. The predicted molar refractivity (Wildman–Crippen MR) is 71.3 cm³/mol. The van der Waals surface area contributed by atoms with Crippen LogP contribution in [0.1, 0.15) is 27.1 Å². The van der Waals surface area contributed by atoms with Crippen LogP contribution in [0.5, 0.6) is 0 Å². The minimum atomic E-state index is -0.494. The third-order valence-electron chi connectivity index (χ3n) is 2.45. The van der Waals surface area contributed by atoms with Gasteiger partial charge in [0.1, 0.15) is 0 Å². The summed E-state index contributed by atoms with van der Waals surface area (Å²) in [6, 6.07) is 7.28. The summed E-state index contributed by atoms with van der Waals surface area (Å²) in [5.41, 5.74) is 0.692. The maximum atomic E-state index is 11.6. The molecule has 2 aromatic rings. The number of esters is 2. The Balaban J connectivity index is 1.64. The van der Waals surface area contributed by atoms with Crippen LogP contribution in [0.3, 0.4) is 0 Å². The van der Waals surface area contributed by atoms with Gasteiger partial charge in [-0.25, -0.2) is 14.6 Å². The highest BCUT2D eigenvalue weighted by Crippen LogP contribution is 2.01. The van der Waals surface area contributed by atoms with Gasteiger partial charge in [0.05, 0.1) is 30.5 Å². The summed E-state index contributed by atoms with van der Waals surface area (Å²) in [6.45, 7) is 0.311. The fourth-order valence-electron chi connectivity index (χ4n) is 1.44. The topological polar surface area (TPSA) is 78.4 Å². The first kappa shape index (κ1) is 14.5. The first-order valence-electron chi connectivity index (χ1n) is 6.25. The zero-order chi connectivity index (χ0) is 14.9. The van der Waals surface area contributed by atoms with Gasteiger partial charge in [-0.2, -0.15) is 0 Å². The molecule has 6 heteroatoms. The Hall–Kier alpha value is -2.94. The number of hydrogen-bond donors (Lipinski definition) is 0. The van der Waals surface area contributed by atoms with Crippen molar-refractivity contribution in [2.45, 2.75) is 6.42 Å². The minimum absolute atomic E-state index is 0.151. The minimum Gasteiger partial charge on any atom is -0.462 e. The van der Waals surface area contributed by atoms with E-state index in [0.29, 0.717) is 17.5 Å². The van der Waals surface area contributed by atoms with Gasteiger partial charge >= 0.3 is 11.9 Å². The number of nitrogens with zero attached hydrogens (tertiary/aromatic N) is 2. The van der Waals surface area contributed by atoms with Crippen LogP contribution < -0.4 is 0 Å². The van der Waals surface area contributed by atoms with E-state index in [0.717, 1.165) is 0 Å². The zero-order valence-corrected chi connectivity index (χ0v) is 11.1. The molecule has 0 amide bonds. The highest BCUT2D eigenvalue weighted by Gasteiger charge is 2.08. The second kappa shape index (κ2) is 7.60. The summed E-state index contributed by atoms with van der Waals surface area (Å²) >= 11 is 0. The number of rotatable bonds is 6. The van der Waals surface area contributed by atoms with Gasteiger partial charge in [0.25, 0.3) is 0 Å². The van der Waals surface area contributed by atoms with Gasteiger partial charge < -0.3 is 9.47 Å². The van der Waals surface area contributed by atoms with E-state index < -0.39 is 11.9 Å². The molecule has 0 bridgehead atoms. The molecule has 106 valence electrons. The highest BCUT2D eigenvalue weighted by molar-refractivity contribution is 5.89. The van der Waals surface area contributed by atoms with E-state index in [4.69, 9.17) is 9.47 Å². The van der Waals surface area contributed by atoms with Gasteiger partial charge in [0.15, 0.2) is 0 Å². The lowest BCUT2D eigenvalue weighted by Gasteiger charge is -2.05. The van der Waals surface area contributed by atoms with E-state index in [-0.39, 0.29) is 13.2 Å². The Morgan fingerprint density at radius 3 is 2.48 bits per heavy atom. The van der Waals surface area contributed by atoms with Crippen molar-refractivity contribution >= 4 is 11.9 Å². The second-order valence-corrected chi connectivity index (χ2v) is 3.98. The number of pyridine rings is 1. The maximum absolute atomic E-state index is 11.6. The number of ether oxygens (including phenoxy) is 2. The molecule has 0 aromatic carbocycles. The molecule has 21 heavy (non-hydrogen) atoms. The molecule has 0 atom stereocenters.